The van der Waals surface area contributed by atoms with Crippen LogP contribution in [0.3, 0.4) is 0 Å². The van der Waals surface area contributed by atoms with Gasteiger partial charge in [-0.05, 0) is 6.92 Å². The third kappa shape index (κ3) is 12.0. The Kier molecular flexibility index (Phi) is 19.3. The molecule has 0 spiro atoms. The topological polar surface area (TPSA) is 435 Å². The molecular formula is C34H60N2O25. The van der Waals surface area contributed by atoms with Gasteiger partial charge in [-0.1, -0.05) is 0 Å². The van der Waals surface area contributed by atoms with Crippen molar-refractivity contribution in [1.82, 2.24) is 10.6 Å². The molecule has 4 aliphatic rings. The SMILES string of the molecule is CC(=O)N[C@H]1[C@H](O[C@@H]2[C@H](O)[C@@H](O[C@H]3[C@H](O)[C@@H](CO[C@H]4O[C@H](CO)[C@@H](O)[C@H](O)[C@H]4O)O[C@@H](O[C@@H](CO)[C@@H](O)[C@@H](O)[C@H](O)CO)[C@@H]3NC(C)=O)O[C@H](C)[C@H]2O)O[C@H](CO)[C@@H](O)[C@@H]1O. The van der Waals surface area contributed by atoms with E-state index in [1.807, 2.05) is 0 Å². The summed E-state index contributed by atoms with van der Waals surface area (Å²) >= 11 is 0. The molecule has 61 heavy (non-hydrogen) atoms. The lowest BCUT2D eigenvalue weighted by molar-refractivity contribution is -0.369. The number of amides is 2. The van der Waals surface area contributed by atoms with Crippen LogP contribution in [0.5, 0.6) is 0 Å². The van der Waals surface area contributed by atoms with E-state index in [2.05, 4.69) is 10.6 Å². The maximum Gasteiger partial charge on any atom is 0.217 e. The third-order valence-corrected chi connectivity index (χ3v) is 10.7. The van der Waals surface area contributed by atoms with Crippen molar-refractivity contribution in [3.05, 3.63) is 0 Å². The molecule has 4 heterocycles. The van der Waals surface area contributed by atoms with Crippen molar-refractivity contribution in [1.29, 1.82) is 0 Å². The normalized spacial score (nSPS) is 44.1. The molecule has 0 aliphatic carbocycles. The predicted molar refractivity (Wildman–Crippen MR) is 191 cm³/mol. The van der Waals surface area contributed by atoms with E-state index in [-0.39, 0.29) is 0 Å². The second kappa shape index (κ2) is 22.8. The minimum Gasteiger partial charge on any atom is -0.394 e. The van der Waals surface area contributed by atoms with Gasteiger partial charge >= 0.3 is 0 Å². The van der Waals surface area contributed by atoms with Crippen LogP contribution in [0.15, 0.2) is 0 Å². The number of rotatable bonds is 18. The van der Waals surface area contributed by atoms with E-state index in [1.165, 1.54) is 6.92 Å². The highest BCUT2D eigenvalue weighted by atomic mass is 16.8. The van der Waals surface area contributed by atoms with Gasteiger partial charge in [-0.25, -0.2) is 0 Å². The minimum atomic E-state index is -2.15. The zero-order valence-corrected chi connectivity index (χ0v) is 33.2. The Morgan fingerprint density at radius 1 is 0.557 bits per heavy atom. The Balaban J connectivity index is 1.68. The van der Waals surface area contributed by atoms with E-state index in [0.29, 0.717) is 0 Å². The molecule has 2 amide bonds. The van der Waals surface area contributed by atoms with Gasteiger partial charge in [0.05, 0.1) is 39.1 Å². The number of ether oxygens (including phenoxy) is 8. The number of hydrogen-bond donors (Lipinski definition) is 17. The van der Waals surface area contributed by atoms with Gasteiger partial charge in [-0.15, -0.1) is 0 Å². The Bertz CT molecular complexity index is 1370. The lowest BCUT2D eigenvalue weighted by atomic mass is 9.94. The molecule has 27 heteroatoms. The largest absolute Gasteiger partial charge is 0.394 e. The highest BCUT2D eigenvalue weighted by Crippen LogP contribution is 2.34. The number of carbonyl (C=O) groups is 2. The van der Waals surface area contributed by atoms with Crippen LogP contribution in [0.2, 0.25) is 0 Å². The highest BCUT2D eigenvalue weighted by Gasteiger charge is 2.55. The molecule has 27 nitrogen and oxygen atoms in total. The lowest BCUT2D eigenvalue weighted by Gasteiger charge is -2.50. The Morgan fingerprint density at radius 2 is 1.10 bits per heavy atom. The van der Waals surface area contributed by atoms with Gasteiger partial charge < -0.3 is 125 Å². The summed E-state index contributed by atoms with van der Waals surface area (Å²) < 4.78 is 45.8. The molecule has 4 saturated heterocycles. The average molecular weight is 897 g/mol. The van der Waals surface area contributed by atoms with Crippen LogP contribution in [0, 0.1) is 0 Å². The van der Waals surface area contributed by atoms with Gasteiger partial charge in [0, 0.05) is 13.8 Å². The van der Waals surface area contributed by atoms with Gasteiger partial charge in [-0.3, -0.25) is 9.59 Å². The standard InChI is InChI=1S/C34H60N2O25/c1-9-19(44)30(61-31-17(35-10(2)41)25(50)22(47)14(6-39)56-31)28(53)34(55-9)60-29-18(36-11(3)42)32(57-13(5-38)21(46)20(45)12(43)4-37)59-16(24(29)49)8-54-33-27(52)26(51)23(48)15(7-40)58-33/h9,12-34,37-40,43-53H,4-8H2,1-3H3,(H,35,41)(H,36,42)/t9-,12-,13+,14-,15-,16-,17-,18-,19-,20+,21-,22-,23-,24-,25-,26+,27-,28+,29-,30+,31+,32-,33+,34-/m1/s1. The van der Waals surface area contributed by atoms with E-state index >= 15 is 0 Å². The number of aliphatic hydroxyl groups excluding tert-OH is 15. The number of nitrogens with one attached hydrogen (secondary N) is 2. The molecule has 0 saturated carbocycles. The first-order valence-electron chi connectivity index (χ1n) is 19.4. The molecule has 0 radical (unpaired) electrons. The van der Waals surface area contributed by atoms with Crippen LogP contribution in [0.4, 0.5) is 0 Å². The summed E-state index contributed by atoms with van der Waals surface area (Å²) in [6, 6.07) is -3.25. The predicted octanol–water partition coefficient (Wildman–Crippen LogP) is -11.0. The van der Waals surface area contributed by atoms with Gasteiger partial charge in [0.25, 0.3) is 0 Å². The fraction of sp³-hybridized carbons (Fsp3) is 0.941. The minimum absolute atomic E-state index is 0.715. The fourth-order valence-corrected chi connectivity index (χ4v) is 7.24. The molecule has 4 aliphatic heterocycles. The summed E-state index contributed by atoms with van der Waals surface area (Å²) in [7, 11) is 0. The van der Waals surface area contributed by atoms with E-state index in [4.69, 9.17) is 37.9 Å². The van der Waals surface area contributed by atoms with E-state index < -0.39 is 192 Å². The van der Waals surface area contributed by atoms with Gasteiger partial charge in [0.1, 0.15) is 116 Å². The van der Waals surface area contributed by atoms with Crippen LogP contribution in [-0.2, 0) is 47.5 Å². The summed E-state index contributed by atoms with van der Waals surface area (Å²) in [4.78, 5) is 24.6. The summed E-state index contributed by atoms with van der Waals surface area (Å²) in [6.45, 7) is -1.22. The second-order valence-electron chi connectivity index (χ2n) is 15.2. The lowest BCUT2D eigenvalue weighted by Crippen LogP contribution is -2.70. The zero-order chi connectivity index (χ0) is 45.6. The van der Waals surface area contributed by atoms with Crippen molar-refractivity contribution >= 4 is 11.8 Å². The molecule has 4 fully saturated rings. The molecular weight excluding hydrogens is 836 g/mol. The highest BCUT2D eigenvalue weighted by molar-refractivity contribution is 5.73. The molecule has 0 bridgehead atoms. The molecule has 4 rings (SSSR count). The zero-order valence-electron chi connectivity index (χ0n) is 33.2. The monoisotopic (exact) mass is 896 g/mol. The first-order valence-corrected chi connectivity index (χ1v) is 19.4. The summed E-state index contributed by atoms with van der Waals surface area (Å²) in [5.74, 6) is -1.54. The van der Waals surface area contributed by atoms with Crippen molar-refractivity contribution in [2.45, 2.75) is 168 Å². The molecule has 17 N–H and O–H groups in total. The van der Waals surface area contributed by atoms with Gasteiger partial charge in [-0.2, -0.15) is 0 Å². The van der Waals surface area contributed by atoms with E-state index in [9.17, 15) is 86.2 Å². The smallest absolute Gasteiger partial charge is 0.217 e. The molecule has 0 aromatic heterocycles. The van der Waals surface area contributed by atoms with E-state index in [1.54, 1.807) is 0 Å². The molecule has 356 valence electrons. The molecule has 0 unspecified atom stereocenters. The van der Waals surface area contributed by atoms with Crippen LogP contribution < -0.4 is 10.6 Å². The van der Waals surface area contributed by atoms with Crippen molar-refractivity contribution in [3.63, 3.8) is 0 Å². The fourth-order valence-electron chi connectivity index (χ4n) is 7.24. The van der Waals surface area contributed by atoms with Crippen LogP contribution in [0.1, 0.15) is 20.8 Å². The number of hydrogen-bond acceptors (Lipinski definition) is 25. The molecule has 0 aromatic rings. The van der Waals surface area contributed by atoms with Gasteiger partial charge in [0.15, 0.2) is 25.2 Å². The first-order chi connectivity index (χ1) is 28.7. The van der Waals surface area contributed by atoms with Crippen molar-refractivity contribution in [2.24, 2.45) is 0 Å². The quantitative estimate of drug-likeness (QED) is 0.0607. The maximum atomic E-state index is 12.6. The van der Waals surface area contributed by atoms with Crippen LogP contribution in [-0.4, -0.2) is 269 Å². The summed E-state index contributed by atoms with van der Waals surface area (Å²) in [5, 5.41) is 161. The van der Waals surface area contributed by atoms with Crippen molar-refractivity contribution < 1.29 is 124 Å². The molecule has 24 atom stereocenters. The molecule has 0 aromatic carbocycles. The van der Waals surface area contributed by atoms with Crippen molar-refractivity contribution in [2.75, 3.05) is 33.0 Å². The Labute approximate surface area is 347 Å². The van der Waals surface area contributed by atoms with Crippen molar-refractivity contribution in [3.8, 4) is 0 Å². The van der Waals surface area contributed by atoms with E-state index in [0.717, 1.165) is 13.8 Å². The second-order valence-corrected chi connectivity index (χ2v) is 15.2. The first kappa shape index (κ1) is 51.7. The van der Waals surface area contributed by atoms with Gasteiger partial charge in [0.2, 0.25) is 11.8 Å². The van der Waals surface area contributed by atoms with Crippen LogP contribution >= 0.6 is 0 Å². The summed E-state index contributed by atoms with van der Waals surface area (Å²) in [5.41, 5.74) is 0. The summed E-state index contributed by atoms with van der Waals surface area (Å²) in [6.07, 6.45) is -40.0. The third-order valence-electron chi connectivity index (χ3n) is 10.7. The Morgan fingerprint density at radius 3 is 1.66 bits per heavy atom. The average Bonchev–Trinajstić information content (AvgIpc) is 3.22. The van der Waals surface area contributed by atoms with Crippen LogP contribution in [0.25, 0.3) is 0 Å². The maximum absolute atomic E-state index is 12.6. The number of carbonyl (C=O) groups excluding carboxylic acids is 2. The Hall–Kier alpha value is -1.98. The number of aliphatic hydroxyl groups is 15.